The molecule has 11 heteroatoms. The van der Waals surface area contributed by atoms with Crippen LogP contribution in [0.25, 0.3) is 0 Å². The van der Waals surface area contributed by atoms with Crippen molar-refractivity contribution in [3.63, 3.8) is 0 Å². The molecule has 2 N–H and O–H groups in total. The first kappa shape index (κ1) is 20.8. The lowest BCUT2D eigenvalue weighted by atomic mass is 10.1. The van der Waals surface area contributed by atoms with Gasteiger partial charge in [-0.2, -0.15) is 13.2 Å². The zero-order chi connectivity index (χ0) is 21.4. The molecule has 3 aromatic rings. The van der Waals surface area contributed by atoms with Crippen LogP contribution in [0.1, 0.15) is 16.7 Å². The number of alkyl halides is 3. The number of rotatable bonds is 5. The summed E-state index contributed by atoms with van der Waals surface area (Å²) >= 11 is 0. The molecule has 1 aromatic heterocycles. The number of anilines is 1. The molecule has 0 amide bonds. The van der Waals surface area contributed by atoms with Crippen LogP contribution in [0.2, 0.25) is 0 Å². The van der Waals surface area contributed by atoms with E-state index in [2.05, 4.69) is 4.98 Å². The summed E-state index contributed by atoms with van der Waals surface area (Å²) in [6.45, 7) is 0. The van der Waals surface area contributed by atoms with Crippen molar-refractivity contribution in [2.75, 3.05) is 4.72 Å². The van der Waals surface area contributed by atoms with E-state index in [-0.39, 0.29) is 29.0 Å². The minimum absolute atomic E-state index is 0.00135. The Bertz CT molecular complexity index is 1160. The highest BCUT2D eigenvalue weighted by Crippen LogP contribution is 2.34. The van der Waals surface area contributed by atoms with E-state index >= 15 is 0 Å². The second-order valence-corrected chi connectivity index (χ2v) is 7.72. The summed E-state index contributed by atoms with van der Waals surface area (Å²) in [5, 5.41) is 0. The molecule has 0 saturated heterocycles. The molecule has 154 valence electrons. The quantitative estimate of drug-likeness (QED) is 0.565. The second-order valence-electron chi connectivity index (χ2n) is 6.07. The van der Waals surface area contributed by atoms with Crippen LogP contribution in [0, 0.1) is 17.5 Å². The molecule has 4 nitrogen and oxygen atoms in total. The van der Waals surface area contributed by atoms with Crippen molar-refractivity contribution in [3.8, 4) is 0 Å². The normalized spacial score (nSPS) is 12.2. The van der Waals surface area contributed by atoms with Gasteiger partial charge in [0.05, 0.1) is 11.3 Å². The first-order valence-electron chi connectivity index (χ1n) is 7.96. The van der Waals surface area contributed by atoms with Gasteiger partial charge in [0.1, 0.15) is 22.3 Å². The highest BCUT2D eigenvalue weighted by atomic mass is 32.2. The average Bonchev–Trinajstić information content (AvgIpc) is 3.06. The number of halogens is 6. The summed E-state index contributed by atoms with van der Waals surface area (Å²) in [6, 6.07) is 5.39. The zero-order valence-electron chi connectivity index (χ0n) is 14.3. The summed E-state index contributed by atoms with van der Waals surface area (Å²) in [5.41, 5.74) is -2.19. The van der Waals surface area contributed by atoms with Crippen LogP contribution in [0.4, 0.5) is 32.0 Å². The number of benzene rings is 2. The van der Waals surface area contributed by atoms with Crippen molar-refractivity contribution in [3.05, 3.63) is 82.9 Å². The molecule has 0 aliphatic heterocycles. The van der Waals surface area contributed by atoms with Crippen LogP contribution >= 0.6 is 0 Å². The Morgan fingerprint density at radius 3 is 2.34 bits per heavy atom. The van der Waals surface area contributed by atoms with Gasteiger partial charge in [0.25, 0.3) is 10.0 Å². The van der Waals surface area contributed by atoms with Gasteiger partial charge in [-0.1, -0.05) is 12.1 Å². The highest BCUT2D eigenvalue weighted by molar-refractivity contribution is 7.92. The molecule has 2 aromatic carbocycles. The number of aromatic amines is 1. The van der Waals surface area contributed by atoms with Gasteiger partial charge < -0.3 is 4.98 Å². The minimum atomic E-state index is -5.14. The van der Waals surface area contributed by atoms with E-state index in [1.807, 2.05) is 0 Å². The predicted octanol–water partition coefficient (Wildman–Crippen LogP) is 4.84. The monoisotopic (exact) mass is 434 g/mol. The average molecular weight is 434 g/mol. The lowest BCUT2D eigenvalue weighted by Crippen LogP contribution is -2.16. The Labute approximate surface area is 161 Å². The fraction of sp³-hybridized carbons (Fsp3) is 0.111. The fourth-order valence-electron chi connectivity index (χ4n) is 2.68. The fourth-order valence-corrected chi connectivity index (χ4v) is 3.93. The Kier molecular flexibility index (Phi) is 5.35. The molecule has 0 aliphatic rings. The van der Waals surface area contributed by atoms with Crippen molar-refractivity contribution in [1.29, 1.82) is 0 Å². The SMILES string of the molecule is O=S(=O)(Nc1cc(F)c(C(F)(F)F)cc1F)c1c[nH]cc1Cc1cccc(F)c1. The van der Waals surface area contributed by atoms with Gasteiger partial charge in [-0.15, -0.1) is 0 Å². The van der Waals surface area contributed by atoms with Gasteiger partial charge in [-0.25, -0.2) is 21.6 Å². The summed E-state index contributed by atoms with van der Waals surface area (Å²) in [7, 11) is -4.48. The molecule has 0 aliphatic carbocycles. The van der Waals surface area contributed by atoms with Gasteiger partial charge >= 0.3 is 6.18 Å². The largest absolute Gasteiger partial charge is 0.419 e. The van der Waals surface area contributed by atoms with Gasteiger partial charge in [0.2, 0.25) is 0 Å². The van der Waals surface area contributed by atoms with E-state index in [0.29, 0.717) is 5.56 Å². The third-order valence-corrected chi connectivity index (χ3v) is 5.42. The van der Waals surface area contributed by atoms with Crippen molar-refractivity contribution >= 4 is 15.7 Å². The third-order valence-electron chi connectivity index (χ3n) is 3.97. The molecule has 29 heavy (non-hydrogen) atoms. The highest BCUT2D eigenvalue weighted by Gasteiger charge is 2.35. The maximum absolute atomic E-state index is 14.0. The summed E-state index contributed by atoms with van der Waals surface area (Å²) in [5.74, 6) is -3.95. The molecule has 0 atom stereocenters. The molecule has 0 saturated carbocycles. The van der Waals surface area contributed by atoms with Crippen LogP contribution in [0.5, 0.6) is 0 Å². The molecular weight excluding hydrogens is 422 g/mol. The topological polar surface area (TPSA) is 62.0 Å². The van der Waals surface area contributed by atoms with Crippen LogP contribution in [0.15, 0.2) is 53.7 Å². The van der Waals surface area contributed by atoms with Gasteiger partial charge in [0.15, 0.2) is 0 Å². The minimum Gasteiger partial charge on any atom is -0.366 e. The Balaban J connectivity index is 1.92. The maximum Gasteiger partial charge on any atom is 0.419 e. The molecular formula is C18H12F6N2O2S. The van der Waals surface area contributed by atoms with Gasteiger partial charge in [-0.05, 0) is 29.3 Å². The maximum atomic E-state index is 14.0. The lowest BCUT2D eigenvalue weighted by molar-refractivity contribution is -0.140. The molecule has 0 unspecified atom stereocenters. The number of hydrogen-bond acceptors (Lipinski definition) is 2. The Morgan fingerprint density at radius 1 is 0.966 bits per heavy atom. The second kappa shape index (κ2) is 7.47. The number of hydrogen-bond donors (Lipinski definition) is 2. The zero-order valence-corrected chi connectivity index (χ0v) is 15.1. The van der Waals surface area contributed by atoms with E-state index in [4.69, 9.17) is 0 Å². The van der Waals surface area contributed by atoms with E-state index in [1.54, 1.807) is 10.8 Å². The number of aromatic nitrogens is 1. The Hall–Kier alpha value is -2.95. The molecule has 1 heterocycles. The number of nitrogens with one attached hydrogen (secondary N) is 2. The summed E-state index contributed by atoms with van der Waals surface area (Å²) in [6.07, 6.45) is -2.75. The molecule has 0 fully saturated rings. The Morgan fingerprint density at radius 2 is 1.69 bits per heavy atom. The lowest BCUT2D eigenvalue weighted by Gasteiger charge is -2.13. The number of sulfonamides is 1. The molecule has 3 rings (SSSR count). The van der Waals surface area contributed by atoms with E-state index in [1.165, 1.54) is 24.4 Å². The number of H-pyrrole nitrogens is 1. The summed E-state index contributed by atoms with van der Waals surface area (Å²) < 4.78 is 106. The van der Waals surface area contributed by atoms with E-state index < -0.39 is 44.9 Å². The van der Waals surface area contributed by atoms with E-state index in [9.17, 15) is 34.8 Å². The van der Waals surface area contributed by atoms with Crippen LogP contribution in [0.3, 0.4) is 0 Å². The molecule has 0 bridgehead atoms. The van der Waals surface area contributed by atoms with Crippen LogP contribution in [-0.2, 0) is 22.6 Å². The summed E-state index contributed by atoms with van der Waals surface area (Å²) in [4.78, 5) is 2.20. The van der Waals surface area contributed by atoms with Crippen molar-refractivity contribution in [2.45, 2.75) is 17.5 Å². The van der Waals surface area contributed by atoms with Crippen molar-refractivity contribution in [2.24, 2.45) is 0 Å². The molecule has 0 radical (unpaired) electrons. The standard InChI is InChI=1S/C18H12F6N2O2S/c19-12-3-1-2-10(5-12)4-11-8-25-9-17(11)29(27,28)26-16-7-14(20)13(6-15(16)21)18(22,23)24/h1-3,5-9,25-26H,4H2. The predicted molar refractivity (Wildman–Crippen MR) is 92.2 cm³/mol. The first-order chi connectivity index (χ1) is 13.5. The first-order valence-corrected chi connectivity index (χ1v) is 9.45. The van der Waals surface area contributed by atoms with Crippen LogP contribution < -0.4 is 4.72 Å². The van der Waals surface area contributed by atoms with E-state index in [0.717, 1.165) is 6.20 Å². The molecule has 0 spiro atoms. The van der Waals surface area contributed by atoms with Gasteiger partial charge in [0, 0.05) is 24.9 Å². The van der Waals surface area contributed by atoms with Crippen molar-refractivity contribution < 1.29 is 34.8 Å². The van der Waals surface area contributed by atoms with Crippen molar-refractivity contribution in [1.82, 2.24) is 4.98 Å². The third kappa shape index (κ3) is 4.56. The van der Waals surface area contributed by atoms with Crippen LogP contribution in [-0.4, -0.2) is 13.4 Å². The smallest absolute Gasteiger partial charge is 0.366 e. The van der Waals surface area contributed by atoms with Gasteiger partial charge in [-0.3, -0.25) is 4.72 Å².